The maximum Gasteiger partial charge on any atom is 0.487 e. The van der Waals surface area contributed by atoms with E-state index < -0.39 is 35.1 Å². The van der Waals surface area contributed by atoms with Gasteiger partial charge in [-0.15, -0.1) is 8.78 Å². The van der Waals surface area contributed by atoms with Crippen molar-refractivity contribution in [2.24, 2.45) is 0 Å². The fourth-order valence-corrected chi connectivity index (χ4v) is 7.22. The van der Waals surface area contributed by atoms with E-state index in [9.17, 15) is 28.0 Å². The number of benzene rings is 2. The van der Waals surface area contributed by atoms with Gasteiger partial charge in [-0.2, -0.15) is 5.10 Å². The van der Waals surface area contributed by atoms with Gasteiger partial charge in [0.1, 0.15) is 23.4 Å². The van der Waals surface area contributed by atoms with Crippen LogP contribution in [0.25, 0.3) is 11.3 Å². The normalized spacial score (nSPS) is 18.0. The molecule has 0 bridgehead atoms. The van der Waals surface area contributed by atoms with Gasteiger partial charge in [0.15, 0.2) is 0 Å². The van der Waals surface area contributed by atoms with Crippen LogP contribution in [0.2, 0.25) is 0 Å². The number of ether oxygens (including phenoxy) is 1. The molecule has 2 aromatic carbocycles. The summed E-state index contributed by atoms with van der Waals surface area (Å²) in [7, 11) is 1.97. The molecule has 276 valence electrons. The summed E-state index contributed by atoms with van der Waals surface area (Å²) < 4.78 is 45.5. The number of hydrogen-bond donors (Lipinski definition) is 3. The van der Waals surface area contributed by atoms with E-state index in [2.05, 4.69) is 40.4 Å². The second kappa shape index (κ2) is 14.5. The monoisotopic (exact) mass is 750 g/mol. The highest BCUT2D eigenvalue weighted by Crippen LogP contribution is 2.34. The Hall–Kier alpha value is -5.48. The highest BCUT2D eigenvalue weighted by molar-refractivity contribution is 6.20. The summed E-state index contributed by atoms with van der Waals surface area (Å²) in [6, 6.07) is 11.4. The predicted molar refractivity (Wildman–Crippen MR) is 187 cm³/mol. The third-order valence-electron chi connectivity index (χ3n) is 9.72. The second-order valence-electron chi connectivity index (χ2n) is 13.2. The zero-order chi connectivity index (χ0) is 37.4. The lowest BCUT2D eigenvalue weighted by molar-refractivity contribution is -0.136. The minimum atomic E-state index is -3.86. The molecule has 3 aliphatic rings. The first kappa shape index (κ1) is 35.9. The number of aromatic nitrogens is 3. The first-order chi connectivity index (χ1) is 25.3. The molecule has 17 heteroatoms. The average Bonchev–Trinajstić information content (AvgIpc) is 3.77. The molecule has 53 heavy (non-hydrogen) atoms. The summed E-state index contributed by atoms with van der Waals surface area (Å²) in [6.07, 6.45) is 4.94. The van der Waals surface area contributed by atoms with Gasteiger partial charge < -0.3 is 19.9 Å². The van der Waals surface area contributed by atoms with E-state index in [-0.39, 0.29) is 48.2 Å². The molecule has 1 atom stereocenters. The molecule has 7 rings (SSSR count). The van der Waals surface area contributed by atoms with Crippen molar-refractivity contribution in [2.45, 2.75) is 56.4 Å². The Morgan fingerprint density at radius 1 is 1.09 bits per heavy atom. The number of alkyl halides is 3. The lowest BCUT2D eigenvalue weighted by Gasteiger charge is -2.38. The van der Waals surface area contributed by atoms with Gasteiger partial charge in [-0.05, 0) is 79.9 Å². The number of carbonyl (C=O) groups excluding carboxylic acids is 4. The van der Waals surface area contributed by atoms with E-state index in [1.807, 2.05) is 13.1 Å². The number of pyridine rings is 1. The highest BCUT2D eigenvalue weighted by Gasteiger charge is 2.41. The Labute approximate surface area is 306 Å². The third kappa shape index (κ3) is 7.83. The summed E-state index contributed by atoms with van der Waals surface area (Å²) >= 11 is 4.82. The lowest BCUT2D eigenvalue weighted by Crippen LogP contribution is -2.52. The molecule has 13 nitrogen and oxygen atoms in total. The van der Waals surface area contributed by atoms with Crippen LogP contribution < -0.4 is 20.3 Å². The van der Waals surface area contributed by atoms with Crippen LogP contribution in [-0.2, 0) is 22.7 Å². The van der Waals surface area contributed by atoms with Crippen LogP contribution in [0.3, 0.4) is 0 Å². The molecule has 2 saturated heterocycles. The molecule has 3 N–H and O–H groups in total. The number of anilines is 2. The summed E-state index contributed by atoms with van der Waals surface area (Å²) in [5, 5.41) is 12.0. The van der Waals surface area contributed by atoms with Crippen LogP contribution in [0.5, 0.6) is 5.75 Å². The number of halogens is 4. The van der Waals surface area contributed by atoms with Crippen molar-refractivity contribution < 1.29 is 37.1 Å². The smallest absolute Gasteiger partial charge is 0.420 e. The summed E-state index contributed by atoms with van der Waals surface area (Å²) in [6.45, 7) is 1.84. The number of hydrogen-bond acceptors (Lipinski definition) is 9. The fourth-order valence-electron chi connectivity index (χ4n) is 7.13. The summed E-state index contributed by atoms with van der Waals surface area (Å²) in [5.74, 6) is -2.06. The van der Waals surface area contributed by atoms with Crippen molar-refractivity contribution in [2.75, 3.05) is 30.4 Å². The molecule has 2 aromatic heterocycles. The quantitative estimate of drug-likeness (QED) is 0.152. The van der Waals surface area contributed by atoms with Crippen LogP contribution in [0, 0.1) is 5.82 Å². The van der Waals surface area contributed by atoms with Crippen LogP contribution in [0.15, 0.2) is 60.9 Å². The van der Waals surface area contributed by atoms with Crippen molar-refractivity contribution in [3.63, 3.8) is 0 Å². The molecule has 1 unspecified atom stereocenters. The molecule has 5 heterocycles. The minimum Gasteiger partial charge on any atom is -0.420 e. The van der Waals surface area contributed by atoms with Crippen molar-refractivity contribution in [1.82, 2.24) is 30.3 Å². The number of fused-ring (bicyclic) bond motifs is 1. The lowest BCUT2D eigenvalue weighted by atomic mass is 10.0. The van der Waals surface area contributed by atoms with E-state index in [1.54, 1.807) is 18.3 Å². The number of amides is 4. The van der Waals surface area contributed by atoms with Crippen LogP contribution >= 0.6 is 11.6 Å². The molecule has 0 radical (unpaired) electrons. The Morgan fingerprint density at radius 3 is 2.53 bits per heavy atom. The number of nitrogens with zero attached hydrogens (tertiary/aromatic N) is 5. The van der Waals surface area contributed by atoms with Crippen LogP contribution in [0.1, 0.15) is 57.5 Å². The van der Waals surface area contributed by atoms with Crippen molar-refractivity contribution in [1.29, 1.82) is 0 Å². The zero-order valence-corrected chi connectivity index (χ0v) is 29.1. The van der Waals surface area contributed by atoms with E-state index in [4.69, 9.17) is 11.6 Å². The molecule has 4 aromatic rings. The van der Waals surface area contributed by atoms with Crippen LogP contribution in [-0.4, -0.2) is 86.4 Å². The maximum atomic E-state index is 15.3. The van der Waals surface area contributed by atoms with Crippen molar-refractivity contribution in [3.05, 3.63) is 89.0 Å². The molecule has 2 fully saturated rings. The molecule has 0 spiro atoms. The van der Waals surface area contributed by atoms with Crippen molar-refractivity contribution >= 4 is 46.7 Å². The van der Waals surface area contributed by atoms with Gasteiger partial charge in [0.2, 0.25) is 11.8 Å². The van der Waals surface area contributed by atoms with E-state index in [0.717, 1.165) is 12.8 Å². The summed E-state index contributed by atoms with van der Waals surface area (Å²) in [4.78, 5) is 60.6. The highest BCUT2D eigenvalue weighted by atomic mass is 35.5. The summed E-state index contributed by atoms with van der Waals surface area (Å²) in [5.41, 5.74) is -0.695. The largest absolute Gasteiger partial charge is 0.487 e. The van der Waals surface area contributed by atoms with Crippen LogP contribution in [0.4, 0.5) is 24.7 Å². The number of piperidine rings is 2. The van der Waals surface area contributed by atoms with Gasteiger partial charge in [-0.1, -0.05) is 6.07 Å². The Kier molecular flexibility index (Phi) is 9.83. The van der Waals surface area contributed by atoms with E-state index >= 15 is 4.39 Å². The van der Waals surface area contributed by atoms with E-state index in [1.165, 1.54) is 41.4 Å². The first-order valence-corrected chi connectivity index (χ1v) is 17.3. The first-order valence-electron chi connectivity index (χ1n) is 16.9. The van der Waals surface area contributed by atoms with Gasteiger partial charge in [0, 0.05) is 73.9 Å². The van der Waals surface area contributed by atoms with Gasteiger partial charge in [-0.3, -0.25) is 34.5 Å². The Balaban J connectivity index is 0.993. The molecule has 4 amide bonds. The molecule has 0 aliphatic carbocycles. The predicted octanol–water partition coefficient (Wildman–Crippen LogP) is 4.89. The Bertz CT molecular complexity index is 2050. The fraction of sp³-hybridized carbons (Fsp3) is 0.333. The van der Waals surface area contributed by atoms with Gasteiger partial charge in [-0.25, -0.2) is 9.37 Å². The maximum absolute atomic E-state index is 15.3. The minimum absolute atomic E-state index is 0.0277. The number of carbonyl (C=O) groups is 4. The second-order valence-corrected chi connectivity index (χ2v) is 13.7. The average molecular weight is 751 g/mol. The van der Waals surface area contributed by atoms with Crippen molar-refractivity contribution in [3.8, 4) is 17.0 Å². The SMILES string of the molecule is CN(Cc1cc(F)c2c(c1)CN(C1CCC(=O)NC1=O)C2=O)C1CCN(c2ncc(C(=O)Nc3ccc(OC(F)(F)Cl)cc3)cc2-c2ccn[nH]2)CC1. The standard InChI is InChI=1S/C36H34ClF3N8O5/c1-46(18-20-14-22-19-48(35(52)31(22)27(38)15-20)29-6-7-30(49)44-34(29)51)24-9-12-47(13-10-24)32-26(28-8-11-42-45-28)16-21(17-41-32)33(50)43-23-2-4-25(5-3-23)53-36(37,39)40/h2-5,8,11,14-17,24,29H,6-7,9-10,12-13,18-19H2,1H3,(H,42,45)(H,43,50)(H,44,49,51). The number of imide groups is 1. The zero-order valence-electron chi connectivity index (χ0n) is 28.4. The third-order valence-corrected chi connectivity index (χ3v) is 9.80. The number of nitrogens with one attached hydrogen (secondary N) is 3. The number of rotatable bonds is 10. The van der Waals surface area contributed by atoms with Gasteiger partial charge >= 0.3 is 5.57 Å². The topological polar surface area (TPSA) is 153 Å². The number of aromatic amines is 1. The molecule has 3 aliphatic heterocycles. The molecular formula is C36H34ClF3N8O5. The van der Waals surface area contributed by atoms with Gasteiger partial charge in [0.25, 0.3) is 11.8 Å². The van der Waals surface area contributed by atoms with Gasteiger partial charge in [0.05, 0.1) is 16.8 Å². The molecular weight excluding hydrogens is 717 g/mol. The Morgan fingerprint density at radius 2 is 1.85 bits per heavy atom. The van der Waals surface area contributed by atoms with E-state index in [0.29, 0.717) is 53.5 Å². The number of H-pyrrole nitrogens is 1. The molecule has 0 saturated carbocycles.